The van der Waals surface area contributed by atoms with Crippen molar-refractivity contribution in [1.29, 1.82) is 0 Å². The number of hydrogen-bond acceptors (Lipinski definition) is 2. The van der Waals surface area contributed by atoms with E-state index in [-0.39, 0.29) is 6.04 Å². The van der Waals surface area contributed by atoms with Crippen LogP contribution in [-0.4, -0.2) is 9.78 Å². The molecule has 1 aromatic heterocycles. The summed E-state index contributed by atoms with van der Waals surface area (Å²) in [6.45, 7) is 6.36. The maximum atomic E-state index is 5.88. The van der Waals surface area contributed by atoms with Gasteiger partial charge in [0.05, 0.1) is 5.69 Å². The fourth-order valence-electron chi connectivity index (χ4n) is 2.07. The summed E-state index contributed by atoms with van der Waals surface area (Å²) >= 11 is 0. The monoisotopic (exact) mass is 207 g/mol. The van der Waals surface area contributed by atoms with Gasteiger partial charge < -0.3 is 5.73 Å². The third-order valence-electron chi connectivity index (χ3n) is 3.26. The van der Waals surface area contributed by atoms with Crippen molar-refractivity contribution in [2.24, 2.45) is 5.73 Å². The Morgan fingerprint density at radius 3 is 2.47 bits per heavy atom. The number of aromatic nitrogens is 2. The van der Waals surface area contributed by atoms with Gasteiger partial charge in [-0.2, -0.15) is 5.10 Å². The number of nitrogens with two attached hydrogens (primary N) is 1. The molecule has 0 amide bonds. The summed E-state index contributed by atoms with van der Waals surface area (Å²) in [6.07, 6.45) is 4.00. The first-order chi connectivity index (χ1) is 7.09. The van der Waals surface area contributed by atoms with Crippen LogP contribution < -0.4 is 5.73 Å². The van der Waals surface area contributed by atoms with Gasteiger partial charge in [0.25, 0.3) is 0 Å². The van der Waals surface area contributed by atoms with Gasteiger partial charge in [-0.1, -0.05) is 6.42 Å². The first-order valence-electron chi connectivity index (χ1n) is 5.94. The van der Waals surface area contributed by atoms with E-state index >= 15 is 0 Å². The summed E-state index contributed by atoms with van der Waals surface area (Å²) in [6, 6.07) is 2.69. The highest BCUT2D eigenvalue weighted by Gasteiger charge is 2.25. The fourth-order valence-corrected chi connectivity index (χ4v) is 2.07. The van der Waals surface area contributed by atoms with Gasteiger partial charge in [-0.15, -0.1) is 0 Å². The van der Waals surface area contributed by atoms with E-state index in [4.69, 9.17) is 5.73 Å². The van der Waals surface area contributed by atoms with Crippen molar-refractivity contribution in [1.82, 2.24) is 9.78 Å². The Hall–Kier alpha value is -0.830. The summed E-state index contributed by atoms with van der Waals surface area (Å²) in [4.78, 5) is 0. The van der Waals surface area contributed by atoms with Crippen molar-refractivity contribution < 1.29 is 0 Å². The molecule has 0 radical (unpaired) electrons. The molecule has 0 bridgehead atoms. The second-order valence-electron chi connectivity index (χ2n) is 4.95. The van der Waals surface area contributed by atoms with Gasteiger partial charge in [0.2, 0.25) is 0 Å². The van der Waals surface area contributed by atoms with Crippen molar-refractivity contribution in [3.8, 4) is 0 Å². The molecule has 3 nitrogen and oxygen atoms in total. The molecule has 1 aliphatic rings. The highest BCUT2D eigenvalue weighted by atomic mass is 15.3. The van der Waals surface area contributed by atoms with E-state index in [1.807, 2.05) is 6.92 Å². The van der Waals surface area contributed by atoms with Crippen LogP contribution in [0.4, 0.5) is 0 Å². The van der Waals surface area contributed by atoms with Crippen LogP contribution in [-0.2, 0) is 0 Å². The largest absolute Gasteiger partial charge is 0.323 e. The van der Waals surface area contributed by atoms with Crippen molar-refractivity contribution >= 4 is 0 Å². The summed E-state index contributed by atoms with van der Waals surface area (Å²) in [5, 5.41) is 4.60. The third-order valence-corrected chi connectivity index (χ3v) is 3.26. The molecule has 1 saturated carbocycles. The van der Waals surface area contributed by atoms with E-state index in [0.717, 1.165) is 11.6 Å². The zero-order chi connectivity index (χ0) is 11.0. The molecule has 1 heterocycles. The zero-order valence-electron chi connectivity index (χ0n) is 9.90. The molecule has 0 aliphatic heterocycles. The van der Waals surface area contributed by atoms with Crippen LogP contribution in [0, 0.1) is 0 Å². The minimum absolute atomic E-state index is 0.0452. The average molecular weight is 207 g/mol. The molecule has 15 heavy (non-hydrogen) atoms. The van der Waals surface area contributed by atoms with Crippen molar-refractivity contribution in [3.05, 3.63) is 17.5 Å². The second-order valence-corrected chi connectivity index (χ2v) is 4.95. The van der Waals surface area contributed by atoms with E-state index < -0.39 is 0 Å². The second kappa shape index (κ2) is 3.97. The van der Waals surface area contributed by atoms with E-state index in [0.29, 0.717) is 6.04 Å². The Bertz CT molecular complexity index is 335. The topological polar surface area (TPSA) is 43.8 Å². The van der Waals surface area contributed by atoms with Crippen LogP contribution in [0.15, 0.2) is 6.07 Å². The van der Waals surface area contributed by atoms with Crippen LogP contribution in [0.25, 0.3) is 0 Å². The van der Waals surface area contributed by atoms with Crippen molar-refractivity contribution in [2.45, 2.75) is 58.0 Å². The van der Waals surface area contributed by atoms with Crippen LogP contribution >= 0.6 is 0 Å². The van der Waals surface area contributed by atoms with Gasteiger partial charge in [0.15, 0.2) is 0 Å². The van der Waals surface area contributed by atoms with Crippen molar-refractivity contribution in [2.75, 3.05) is 0 Å². The maximum Gasteiger partial charge on any atom is 0.0792 e. The summed E-state index contributed by atoms with van der Waals surface area (Å²) in [5.74, 6) is 0.729. The Labute approximate surface area is 91.7 Å². The van der Waals surface area contributed by atoms with E-state index in [1.54, 1.807) is 0 Å². The lowest BCUT2D eigenvalue weighted by Gasteiger charge is -2.27. The van der Waals surface area contributed by atoms with E-state index in [2.05, 4.69) is 29.7 Å². The minimum Gasteiger partial charge on any atom is -0.323 e. The molecule has 1 unspecified atom stereocenters. The molecule has 2 N–H and O–H groups in total. The molecule has 84 valence electrons. The molecule has 3 heteroatoms. The van der Waals surface area contributed by atoms with Crippen LogP contribution in [0.2, 0.25) is 0 Å². The smallest absolute Gasteiger partial charge is 0.0792 e. The molecule has 2 rings (SSSR count). The van der Waals surface area contributed by atoms with Crippen LogP contribution in [0.5, 0.6) is 0 Å². The van der Waals surface area contributed by atoms with E-state index in [1.165, 1.54) is 25.0 Å². The maximum absolute atomic E-state index is 5.88. The highest BCUT2D eigenvalue weighted by Crippen LogP contribution is 2.37. The molecule has 1 aromatic rings. The number of hydrogen-bond donors (Lipinski definition) is 1. The average Bonchev–Trinajstić information content (AvgIpc) is 2.45. The predicted octanol–water partition coefficient (Wildman–Crippen LogP) is 2.75. The quantitative estimate of drug-likeness (QED) is 0.828. The van der Waals surface area contributed by atoms with Gasteiger partial charge in [-0.05, 0) is 39.7 Å². The molecule has 0 aromatic carbocycles. The lowest BCUT2D eigenvalue weighted by atomic mass is 9.82. The van der Waals surface area contributed by atoms with Gasteiger partial charge in [0, 0.05) is 23.7 Å². The Morgan fingerprint density at radius 2 is 2.07 bits per heavy atom. The molecule has 0 saturated heterocycles. The summed E-state index contributed by atoms with van der Waals surface area (Å²) in [5.41, 5.74) is 8.31. The Morgan fingerprint density at radius 1 is 1.40 bits per heavy atom. The number of rotatable bonds is 3. The predicted molar refractivity (Wildman–Crippen MR) is 61.8 cm³/mol. The van der Waals surface area contributed by atoms with Crippen LogP contribution in [0.3, 0.4) is 0 Å². The molecular formula is C12H21N3. The standard InChI is InChI=1S/C12H21N3/c1-8(2)15-12(10-5-4-6-10)7-11(14-15)9(3)13/h7-10H,4-6,13H2,1-3H3. The molecule has 1 aliphatic carbocycles. The summed E-state index contributed by atoms with van der Waals surface area (Å²) < 4.78 is 2.16. The zero-order valence-corrected chi connectivity index (χ0v) is 9.90. The lowest BCUT2D eigenvalue weighted by Crippen LogP contribution is -2.16. The first-order valence-corrected chi connectivity index (χ1v) is 5.94. The highest BCUT2D eigenvalue weighted by molar-refractivity contribution is 5.19. The van der Waals surface area contributed by atoms with E-state index in [9.17, 15) is 0 Å². The van der Waals surface area contributed by atoms with Gasteiger partial charge >= 0.3 is 0 Å². The van der Waals surface area contributed by atoms with Gasteiger partial charge in [-0.25, -0.2) is 0 Å². The number of nitrogens with zero attached hydrogens (tertiary/aromatic N) is 2. The minimum atomic E-state index is 0.0452. The van der Waals surface area contributed by atoms with Crippen molar-refractivity contribution in [3.63, 3.8) is 0 Å². The van der Waals surface area contributed by atoms with Gasteiger partial charge in [-0.3, -0.25) is 4.68 Å². The third kappa shape index (κ3) is 1.93. The molecule has 0 spiro atoms. The normalized spacial score (nSPS) is 19.3. The Balaban J connectivity index is 2.32. The fraction of sp³-hybridized carbons (Fsp3) is 0.750. The SMILES string of the molecule is CC(N)c1cc(C2CCC2)n(C(C)C)n1. The molecule has 1 fully saturated rings. The van der Waals surface area contributed by atoms with Gasteiger partial charge in [0.1, 0.15) is 0 Å². The Kier molecular flexibility index (Phi) is 2.83. The molecule has 1 atom stereocenters. The lowest BCUT2D eigenvalue weighted by molar-refractivity contribution is 0.375. The van der Waals surface area contributed by atoms with Crippen LogP contribution in [0.1, 0.15) is 69.4 Å². The molecular weight excluding hydrogens is 186 g/mol. The first kappa shape index (κ1) is 10.7. The summed E-state index contributed by atoms with van der Waals surface area (Å²) in [7, 11) is 0.